The van der Waals surface area contributed by atoms with E-state index in [2.05, 4.69) is 20.3 Å². The minimum Gasteiger partial charge on any atom is -0.301 e. The van der Waals surface area contributed by atoms with E-state index in [1.807, 2.05) is 24.3 Å². The molecule has 8 heteroatoms. The highest BCUT2D eigenvalue weighted by Crippen LogP contribution is 2.26. The molecule has 0 fully saturated rings. The second-order valence-corrected chi connectivity index (χ2v) is 6.84. The number of carbonyl (C=O) groups excluding carboxylic acids is 1. The van der Waals surface area contributed by atoms with E-state index in [0.29, 0.717) is 10.3 Å². The third-order valence-corrected chi connectivity index (χ3v) is 4.78. The van der Waals surface area contributed by atoms with Crippen LogP contribution in [-0.4, -0.2) is 26.1 Å². The first kappa shape index (κ1) is 14.7. The number of rotatable bonds is 4. The lowest BCUT2D eigenvalue weighted by Crippen LogP contribution is -2.23. The summed E-state index contributed by atoms with van der Waals surface area (Å²) in [5.74, 6) is -0.185. The molecule has 1 unspecified atom stereocenters. The molecule has 0 spiro atoms. The van der Waals surface area contributed by atoms with Crippen LogP contribution in [0.25, 0.3) is 10.2 Å². The van der Waals surface area contributed by atoms with Gasteiger partial charge in [-0.25, -0.2) is 9.97 Å². The average Bonchev–Trinajstić information content (AvgIpc) is 2.89. The maximum Gasteiger partial charge on any atom is 0.251 e. The van der Waals surface area contributed by atoms with E-state index in [1.54, 1.807) is 6.92 Å². The topological polar surface area (TPSA) is 87.7 Å². The second kappa shape index (κ2) is 6.29. The largest absolute Gasteiger partial charge is 0.301 e. The first-order valence-electron chi connectivity index (χ1n) is 6.50. The number of fused-ring (bicyclic) bond motifs is 1. The van der Waals surface area contributed by atoms with Gasteiger partial charge in [-0.2, -0.15) is 0 Å². The normalized spacial score (nSPS) is 12.2. The van der Waals surface area contributed by atoms with Crippen molar-refractivity contribution in [3.05, 3.63) is 46.9 Å². The highest BCUT2D eigenvalue weighted by Gasteiger charge is 2.17. The van der Waals surface area contributed by atoms with Gasteiger partial charge in [-0.1, -0.05) is 35.2 Å². The fourth-order valence-electron chi connectivity index (χ4n) is 1.77. The van der Waals surface area contributed by atoms with Crippen LogP contribution in [0.3, 0.4) is 0 Å². The minimum atomic E-state index is -0.405. The molecule has 0 saturated carbocycles. The van der Waals surface area contributed by atoms with Gasteiger partial charge in [0.2, 0.25) is 5.91 Å². The number of anilines is 1. The summed E-state index contributed by atoms with van der Waals surface area (Å²) in [4.78, 5) is 34.4. The Labute approximate surface area is 134 Å². The Morgan fingerprint density at radius 1 is 1.36 bits per heavy atom. The third kappa shape index (κ3) is 3.34. The first-order valence-corrected chi connectivity index (χ1v) is 8.20. The van der Waals surface area contributed by atoms with Crippen LogP contribution < -0.4 is 10.9 Å². The lowest BCUT2D eigenvalue weighted by molar-refractivity contribution is -0.115. The molecule has 1 aromatic carbocycles. The van der Waals surface area contributed by atoms with Gasteiger partial charge in [-0.15, -0.1) is 0 Å². The van der Waals surface area contributed by atoms with E-state index in [1.165, 1.54) is 35.4 Å². The number of nitrogens with one attached hydrogen (secondary N) is 2. The molecule has 3 rings (SSSR count). The van der Waals surface area contributed by atoms with E-state index in [4.69, 9.17) is 0 Å². The Kier molecular flexibility index (Phi) is 4.21. The number of nitrogens with zero attached hydrogens (tertiary/aromatic N) is 2. The number of hydrogen-bond donors (Lipinski definition) is 2. The summed E-state index contributed by atoms with van der Waals surface area (Å²) in [5.41, 5.74) is 0.619. The number of H-pyrrole nitrogens is 1. The molecule has 1 amide bonds. The number of thiazole rings is 1. The van der Waals surface area contributed by atoms with Crippen LogP contribution in [-0.2, 0) is 4.79 Å². The van der Waals surface area contributed by atoms with Crippen molar-refractivity contribution >= 4 is 44.4 Å². The van der Waals surface area contributed by atoms with Crippen LogP contribution in [0.15, 0.2) is 46.5 Å². The van der Waals surface area contributed by atoms with Crippen LogP contribution in [0, 0.1) is 0 Å². The summed E-state index contributed by atoms with van der Waals surface area (Å²) in [6.07, 6.45) is 1.42. The Bertz CT molecular complexity index is 841. The van der Waals surface area contributed by atoms with E-state index in [-0.39, 0.29) is 11.5 Å². The molecule has 3 aromatic rings. The molecule has 112 valence electrons. The van der Waals surface area contributed by atoms with Gasteiger partial charge in [0.25, 0.3) is 5.56 Å². The number of para-hydroxylation sites is 1. The maximum atomic E-state index is 12.2. The molecule has 2 aromatic heterocycles. The van der Waals surface area contributed by atoms with E-state index in [9.17, 15) is 9.59 Å². The number of benzene rings is 1. The van der Waals surface area contributed by atoms with Gasteiger partial charge in [-0.05, 0) is 19.1 Å². The second-order valence-electron chi connectivity index (χ2n) is 4.48. The van der Waals surface area contributed by atoms with Gasteiger partial charge < -0.3 is 10.3 Å². The summed E-state index contributed by atoms with van der Waals surface area (Å²) < 4.78 is 1.02. The molecule has 1 atom stereocenters. The number of thioether (sulfide) groups is 1. The quantitative estimate of drug-likeness (QED) is 0.566. The number of amides is 1. The fraction of sp³-hybridized carbons (Fsp3) is 0.143. The summed E-state index contributed by atoms with van der Waals surface area (Å²) in [6, 6.07) is 9.03. The smallest absolute Gasteiger partial charge is 0.251 e. The number of aromatic amines is 1. The van der Waals surface area contributed by atoms with E-state index in [0.717, 1.165) is 10.2 Å². The van der Waals surface area contributed by atoms with Crippen molar-refractivity contribution in [3.63, 3.8) is 0 Å². The van der Waals surface area contributed by atoms with Crippen LogP contribution >= 0.6 is 23.1 Å². The van der Waals surface area contributed by atoms with Crippen molar-refractivity contribution < 1.29 is 4.79 Å². The molecule has 6 nitrogen and oxygen atoms in total. The lowest BCUT2D eigenvalue weighted by atomic mass is 10.3. The van der Waals surface area contributed by atoms with Gasteiger partial charge in [0.15, 0.2) is 10.3 Å². The van der Waals surface area contributed by atoms with E-state index >= 15 is 0 Å². The maximum absolute atomic E-state index is 12.2. The highest BCUT2D eigenvalue weighted by atomic mass is 32.2. The predicted molar refractivity (Wildman–Crippen MR) is 88.4 cm³/mol. The average molecular weight is 332 g/mol. The summed E-state index contributed by atoms with van der Waals surface area (Å²) in [6.45, 7) is 1.75. The Balaban J connectivity index is 1.69. The molecule has 22 heavy (non-hydrogen) atoms. The van der Waals surface area contributed by atoms with Crippen molar-refractivity contribution in [1.29, 1.82) is 0 Å². The van der Waals surface area contributed by atoms with E-state index < -0.39 is 5.25 Å². The predicted octanol–water partition coefficient (Wildman–Crippen LogP) is 2.50. The molecular formula is C14H12N4O2S2. The van der Waals surface area contributed by atoms with Crippen LogP contribution in [0.4, 0.5) is 5.13 Å². The SMILES string of the molecule is CC(Sc1nccc(=O)[nH]1)C(=O)Nc1nc2ccccc2s1. The molecule has 0 aliphatic heterocycles. The van der Waals surface area contributed by atoms with Gasteiger partial charge in [0.1, 0.15) is 0 Å². The number of hydrogen-bond acceptors (Lipinski definition) is 6. The summed E-state index contributed by atoms with van der Waals surface area (Å²) >= 11 is 2.62. The first-order chi connectivity index (χ1) is 10.6. The van der Waals surface area contributed by atoms with Crippen molar-refractivity contribution in [3.8, 4) is 0 Å². The molecular weight excluding hydrogens is 320 g/mol. The highest BCUT2D eigenvalue weighted by molar-refractivity contribution is 8.00. The lowest BCUT2D eigenvalue weighted by Gasteiger charge is -2.09. The number of aromatic nitrogens is 3. The Morgan fingerprint density at radius 3 is 2.95 bits per heavy atom. The number of carbonyl (C=O) groups is 1. The Morgan fingerprint density at radius 2 is 2.18 bits per heavy atom. The van der Waals surface area contributed by atoms with Gasteiger partial charge in [0, 0.05) is 12.3 Å². The molecule has 0 aliphatic carbocycles. The van der Waals surface area contributed by atoms with Crippen LogP contribution in [0.1, 0.15) is 6.92 Å². The molecule has 0 aliphatic rings. The standard InChI is InChI=1S/C14H12N4O2S2/c1-8(21-13-15-7-6-11(19)17-13)12(20)18-14-16-9-4-2-3-5-10(9)22-14/h2-8H,1H3,(H,15,17,19)(H,16,18,20). The molecule has 2 heterocycles. The third-order valence-electron chi connectivity index (χ3n) is 2.83. The summed E-state index contributed by atoms with van der Waals surface area (Å²) in [7, 11) is 0. The molecule has 0 saturated heterocycles. The van der Waals surface area contributed by atoms with Gasteiger partial charge in [-0.3, -0.25) is 9.59 Å². The van der Waals surface area contributed by atoms with Gasteiger partial charge >= 0.3 is 0 Å². The summed E-state index contributed by atoms with van der Waals surface area (Å²) in [5, 5.41) is 3.37. The Hall–Kier alpha value is -2.19. The zero-order chi connectivity index (χ0) is 15.5. The molecule has 2 N–H and O–H groups in total. The molecule has 0 bridgehead atoms. The zero-order valence-electron chi connectivity index (χ0n) is 11.6. The van der Waals surface area contributed by atoms with Crippen molar-refractivity contribution in [2.75, 3.05) is 5.32 Å². The van der Waals surface area contributed by atoms with Gasteiger partial charge in [0.05, 0.1) is 15.5 Å². The minimum absolute atomic E-state index is 0.185. The van der Waals surface area contributed by atoms with Crippen LogP contribution in [0.5, 0.6) is 0 Å². The van der Waals surface area contributed by atoms with Crippen molar-refractivity contribution in [2.45, 2.75) is 17.3 Å². The van der Waals surface area contributed by atoms with Crippen molar-refractivity contribution in [1.82, 2.24) is 15.0 Å². The van der Waals surface area contributed by atoms with Crippen LogP contribution in [0.2, 0.25) is 0 Å². The molecule has 0 radical (unpaired) electrons. The van der Waals surface area contributed by atoms with Crippen molar-refractivity contribution in [2.24, 2.45) is 0 Å². The zero-order valence-corrected chi connectivity index (χ0v) is 13.2. The fourth-order valence-corrected chi connectivity index (χ4v) is 3.42. The monoisotopic (exact) mass is 332 g/mol.